The molecular weight excluding hydrogens is 207 g/mol. The van der Waals surface area contributed by atoms with E-state index in [9.17, 15) is 14.4 Å². The molecule has 0 aromatic heterocycles. The average Bonchev–Trinajstić information content (AvgIpc) is 2.01. The van der Waals surface area contributed by atoms with Gasteiger partial charge in [-0.05, 0) is 24.8 Å². The van der Waals surface area contributed by atoms with E-state index >= 15 is 0 Å². The quantitative estimate of drug-likeness (QED) is 0.382. The van der Waals surface area contributed by atoms with Crippen LogP contribution in [-0.4, -0.2) is 11.9 Å². The van der Waals surface area contributed by atoms with E-state index in [0.717, 1.165) is 37.9 Å². The zero-order valence-electron chi connectivity index (χ0n) is 7.78. The molecule has 0 spiro atoms. The molecule has 0 bridgehead atoms. The fraction of sp³-hybridized carbons (Fsp3) is 1.00. The van der Waals surface area contributed by atoms with Crippen molar-refractivity contribution in [2.45, 2.75) is 38.5 Å². The van der Waals surface area contributed by atoms with Gasteiger partial charge in [0.25, 0.3) is 0 Å². The molecule has 0 amide bonds. The Hall–Kier alpha value is 0.500. The third kappa shape index (κ3) is 12.5. The maximum Gasteiger partial charge on any atom is -0.00979 e. The molecule has 0 aromatic rings. The summed E-state index contributed by atoms with van der Waals surface area (Å²) in [6.07, 6.45) is 5.59. The number of hydrogen-bond donors (Lipinski definition) is 1. The van der Waals surface area contributed by atoms with E-state index in [1.165, 1.54) is 0 Å². The molecule has 3 nitrogen and oxygen atoms in total. The fourth-order valence-corrected chi connectivity index (χ4v) is 1.96. The van der Waals surface area contributed by atoms with Crippen LogP contribution in [0, 0.1) is 0 Å². The monoisotopic (exact) mass is 224 g/mol. The Labute approximate surface area is 85.5 Å². The molecule has 0 saturated carbocycles. The second-order valence-electron chi connectivity index (χ2n) is 3.18. The van der Waals surface area contributed by atoms with Gasteiger partial charge >= 0.3 is 0 Å². The molecule has 0 aliphatic heterocycles. The van der Waals surface area contributed by atoms with Crippen molar-refractivity contribution >= 4 is 20.2 Å². The lowest BCUT2D eigenvalue weighted by atomic mass is 10.1. The maximum absolute atomic E-state index is 10.2. The minimum Gasteiger partial charge on any atom is -0.811 e. The van der Waals surface area contributed by atoms with Gasteiger partial charge in [-0.2, -0.15) is 12.6 Å². The van der Waals surface area contributed by atoms with Gasteiger partial charge in [0.2, 0.25) is 0 Å². The topological polar surface area (TPSA) is 63.2 Å². The van der Waals surface area contributed by atoms with E-state index in [2.05, 4.69) is 12.6 Å². The van der Waals surface area contributed by atoms with E-state index in [-0.39, 0.29) is 6.16 Å². The van der Waals surface area contributed by atoms with Crippen LogP contribution in [0.3, 0.4) is 0 Å². The molecule has 0 atom stereocenters. The molecule has 0 saturated heterocycles. The summed E-state index contributed by atoms with van der Waals surface area (Å²) in [5.74, 6) is 0.913. The highest BCUT2D eigenvalue weighted by atomic mass is 32.1. The summed E-state index contributed by atoms with van der Waals surface area (Å²) in [5, 5.41) is 0. The van der Waals surface area contributed by atoms with Gasteiger partial charge in [-0.15, -0.1) is 0 Å². The molecule has 0 aliphatic carbocycles. The molecular formula is C8H17O3PS-2. The first-order chi connectivity index (χ1) is 6.06. The van der Waals surface area contributed by atoms with Crippen molar-refractivity contribution in [2.75, 3.05) is 11.9 Å². The van der Waals surface area contributed by atoms with Gasteiger partial charge in [0.1, 0.15) is 0 Å². The molecule has 0 rings (SSSR count). The predicted octanol–water partition coefficient (Wildman–Crippen LogP) is 1.17. The molecule has 0 aromatic carbocycles. The molecule has 5 heteroatoms. The lowest BCUT2D eigenvalue weighted by Gasteiger charge is -2.29. The van der Waals surface area contributed by atoms with Crippen molar-refractivity contribution in [3.05, 3.63) is 0 Å². The highest BCUT2D eigenvalue weighted by Crippen LogP contribution is 2.24. The van der Waals surface area contributed by atoms with Gasteiger partial charge in [0.05, 0.1) is 0 Å². The van der Waals surface area contributed by atoms with Crippen LogP contribution >= 0.6 is 20.2 Å². The second-order valence-corrected chi connectivity index (χ2v) is 5.30. The van der Waals surface area contributed by atoms with Crippen LogP contribution in [-0.2, 0) is 4.57 Å². The van der Waals surface area contributed by atoms with E-state index < -0.39 is 7.60 Å². The van der Waals surface area contributed by atoms with Crippen LogP contribution in [0.1, 0.15) is 38.5 Å². The number of rotatable bonds is 8. The normalized spacial score (nSPS) is 11.9. The Kier molecular flexibility index (Phi) is 8.17. The SMILES string of the molecule is O=P([O-])([O-])CCCCCCCCS. The van der Waals surface area contributed by atoms with Crippen molar-refractivity contribution in [3.8, 4) is 0 Å². The first-order valence-electron chi connectivity index (χ1n) is 4.68. The molecule has 0 fully saturated rings. The first-order valence-corrected chi connectivity index (χ1v) is 7.04. The minimum absolute atomic E-state index is 0.181. The Morgan fingerprint density at radius 3 is 1.85 bits per heavy atom. The summed E-state index contributed by atoms with van der Waals surface area (Å²) >= 11 is 4.08. The van der Waals surface area contributed by atoms with Crippen molar-refractivity contribution in [1.82, 2.24) is 0 Å². The van der Waals surface area contributed by atoms with Crippen LogP contribution in [0.4, 0.5) is 0 Å². The van der Waals surface area contributed by atoms with Crippen molar-refractivity contribution in [1.29, 1.82) is 0 Å². The molecule has 80 valence electrons. The Balaban J connectivity index is 3.04. The van der Waals surface area contributed by atoms with Gasteiger partial charge in [-0.25, -0.2) is 0 Å². The Morgan fingerprint density at radius 2 is 1.38 bits per heavy atom. The van der Waals surface area contributed by atoms with E-state index in [0.29, 0.717) is 6.42 Å². The van der Waals surface area contributed by atoms with E-state index in [4.69, 9.17) is 0 Å². The van der Waals surface area contributed by atoms with Crippen LogP contribution in [0.5, 0.6) is 0 Å². The lowest BCUT2D eigenvalue weighted by Crippen LogP contribution is -2.16. The van der Waals surface area contributed by atoms with Gasteiger partial charge in [0, 0.05) is 0 Å². The first kappa shape index (κ1) is 13.5. The number of hydrogen-bond acceptors (Lipinski definition) is 4. The largest absolute Gasteiger partial charge is 0.811 e. The second kappa shape index (κ2) is 7.86. The van der Waals surface area contributed by atoms with Gasteiger partial charge in [0.15, 0.2) is 0 Å². The summed E-state index contributed by atoms with van der Waals surface area (Å²) in [6, 6.07) is 0. The summed E-state index contributed by atoms with van der Waals surface area (Å²) in [5.41, 5.74) is 0. The fourth-order valence-electron chi connectivity index (χ4n) is 1.12. The predicted molar refractivity (Wildman–Crippen MR) is 54.0 cm³/mol. The highest BCUT2D eigenvalue weighted by molar-refractivity contribution is 7.80. The number of thiol groups is 1. The zero-order chi connectivity index (χ0) is 10.2. The van der Waals surface area contributed by atoms with Crippen LogP contribution in [0.2, 0.25) is 0 Å². The van der Waals surface area contributed by atoms with Gasteiger partial charge in [-0.1, -0.05) is 33.3 Å². The van der Waals surface area contributed by atoms with Crippen LogP contribution in [0.15, 0.2) is 0 Å². The third-order valence-corrected chi connectivity index (χ3v) is 3.02. The summed E-state index contributed by atoms with van der Waals surface area (Å²) in [7, 11) is -4.24. The summed E-state index contributed by atoms with van der Waals surface area (Å²) in [6.45, 7) is 0. The molecule has 0 radical (unpaired) electrons. The van der Waals surface area contributed by atoms with Crippen LogP contribution in [0.25, 0.3) is 0 Å². The maximum atomic E-state index is 10.2. The highest BCUT2D eigenvalue weighted by Gasteiger charge is 1.93. The molecule has 0 unspecified atom stereocenters. The standard InChI is InChI=1S/C8H19O3PS/c9-12(10,11)7-5-3-1-2-4-6-8-13/h13H,1-8H2,(H2,9,10,11)/p-2. The van der Waals surface area contributed by atoms with E-state index in [1.54, 1.807) is 0 Å². The van der Waals surface area contributed by atoms with Crippen LogP contribution < -0.4 is 9.79 Å². The molecule has 0 N–H and O–H groups in total. The van der Waals surface area contributed by atoms with Crippen molar-refractivity contribution in [2.24, 2.45) is 0 Å². The molecule has 0 heterocycles. The van der Waals surface area contributed by atoms with Crippen molar-refractivity contribution < 1.29 is 14.4 Å². The smallest absolute Gasteiger partial charge is 0.00979 e. The molecule has 13 heavy (non-hydrogen) atoms. The van der Waals surface area contributed by atoms with Crippen molar-refractivity contribution in [3.63, 3.8) is 0 Å². The number of unbranched alkanes of at least 4 members (excludes halogenated alkanes) is 5. The Bertz CT molecular complexity index is 157. The third-order valence-electron chi connectivity index (χ3n) is 1.84. The van der Waals surface area contributed by atoms with E-state index in [1.807, 2.05) is 0 Å². The average molecular weight is 224 g/mol. The van der Waals surface area contributed by atoms with Gasteiger partial charge in [-0.3, -0.25) is 0 Å². The minimum atomic E-state index is -4.24. The zero-order valence-corrected chi connectivity index (χ0v) is 9.56. The lowest BCUT2D eigenvalue weighted by molar-refractivity contribution is -0.313. The summed E-state index contributed by atoms with van der Waals surface area (Å²) < 4.78 is 10.2. The Morgan fingerprint density at radius 1 is 0.923 bits per heavy atom. The summed E-state index contributed by atoms with van der Waals surface area (Å²) in [4.78, 5) is 20.5. The van der Waals surface area contributed by atoms with Gasteiger partial charge < -0.3 is 14.4 Å². The molecule has 0 aliphatic rings.